The van der Waals surface area contributed by atoms with E-state index in [-0.39, 0.29) is 0 Å². The number of nitrogens with one attached hydrogen (secondary N) is 1. The van der Waals surface area contributed by atoms with Crippen molar-refractivity contribution in [3.05, 3.63) is 33.1 Å². The lowest BCUT2D eigenvalue weighted by atomic mass is 9.93. The van der Waals surface area contributed by atoms with E-state index in [4.69, 9.17) is 15.2 Å². The molecule has 4 N–H and O–H groups in total. The van der Waals surface area contributed by atoms with Crippen LogP contribution in [0.4, 0.5) is 0 Å². The summed E-state index contributed by atoms with van der Waals surface area (Å²) in [7, 11) is 0. The average Bonchev–Trinajstić information content (AvgIpc) is 2.61. The van der Waals surface area contributed by atoms with Gasteiger partial charge in [0.05, 0.1) is 12.1 Å². The lowest BCUT2D eigenvalue weighted by Crippen LogP contribution is -2.55. The highest BCUT2D eigenvalue weighted by atomic mass is 16.6. The summed E-state index contributed by atoms with van der Waals surface area (Å²) in [4.78, 5) is 36.2. The topological polar surface area (TPSA) is 137 Å². The van der Waals surface area contributed by atoms with E-state index >= 15 is 0 Å². The molecule has 1 aliphatic rings. The first-order valence-corrected chi connectivity index (χ1v) is 6.31. The Morgan fingerprint density at radius 3 is 2.81 bits per heavy atom. The van der Waals surface area contributed by atoms with Crippen LogP contribution in [0.5, 0.6) is 0 Å². The zero-order valence-corrected chi connectivity index (χ0v) is 11.6. The first-order valence-electron chi connectivity index (χ1n) is 6.31. The second-order valence-electron chi connectivity index (χ2n) is 5.12. The Kier molecular flexibility index (Phi) is 3.99. The number of carbonyl (C=O) groups excluding carboxylic acids is 1. The maximum absolute atomic E-state index is 11.8. The Morgan fingerprint density at radius 2 is 2.29 bits per heavy atom. The largest absolute Gasteiger partial charge is 0.458 e. The first kappa shape index (κ1) is 15.4. The summed E-state index contributed by atoms with van der Waals surface area (Å²) in [5.74, 6) is -0.576. The second-order valence-corrected chi connectivity index (χ2v) is 5.12. The molecule has 0 spiro atoms. The summed E-state index contributed by atoms with van der Waals surface area (Å²) in [6, 6.07) is 1.15. The van der Waals surface area contributed by atoms with Gasteiger partial charge in [0, 0.05) is 19.2 Å². The van der Waals surface area contributed by atoms with Crippen molar-refractivity contribution in [3.63, 3.8) is 0 Å². The number of carbonyl (C=O) groups is 1. The Hall–Kier alpha value is -1.97. The van der Waals surface area contributed by atoms with Crippen LogP contribution in [-0.4, -0.2) is 45.0 Å². The van der Waals surface area contributed by atoms with Crippen molar-refractivity contribution < 1.29 is 19.4 Å². The van der Waals surface area contributed by atoms with Crippen LogP contribution in [0.15, 0.2) is 21.9 Å². The average molecular weight is 299 g/mol. The third-order valence-corrected chi connectivity index (χ3v) is 3.36. The van der Waals surface area contributed by atoms with E-state index in [1.165, 1.54) is 13.1 Å². The number of nitrogens with zero attached hydrogens (tertiary/aromatic N) is 1. The Balaban J connectivity index is 2.43. The van der Waals surface area contributed by atoms with Crippen LogP contribution in [0.1, 0.15) is 20.1 Å². The molecule has 9 heteroatoms. The van der Waals surface area contributed by atoms with Crippen LogP contribution < -0.4 is 17.0 Å². The van der Waals surface area contributed by atoms with Gasteiger partial charge in [0.25, 0.3) is 5.56 Å². The van der Waals surface area contributed by atoms with Crippen LogP contribution in [-0.2, 0) is 14.3 Å². The number of esters is 1. The molecule has 116 valence electrons. The van der Waals surface area contributed by atoms with Gasteiger partial charge in [0.1, 0.15) is 6.10 Å². The minimum atomic E-state index is -1.26. The molecular weight excluding hydrogens is 282 g/mol. The number of aliphatic hydroxyl groups is 1. The van der Waals surface area contributed by atoms with Gasteiger partial charge in [-0.2, -0.15) is 0 Å². The molecule has 2 rings (SSSR count). The predicted molar refractivity (Wildman–Crippen MR) is 70.5 cm³/mol. The van der Waals surface area contributed by atoms with E-state index in [1.807, 2.05) is 0 Å². The van der Waals surface area contributed by atoms with Gasteiger partial charge in [0.2, 0.25) is 0 Å². The van der Waals surface area contributed by atoms with Gasteiger partial charge < -0.3 is 20.3 Å². The van der Waals surface area contributed by atoms with Crippen molar-refractivity contribution in [3.8, 4) is 0 Å². The number of rotatable bonds is 3. The Labute approximate surface area is 119 Å². The normalized spacial score (nSPS) is 32.1. The smallest absolute Gasteiger partial charge is 0.330 e. The highest BCUT2D eigenvalue weighted by Crippen LogP contribution is 2.37. The van der Waals surface area contributed by atoms with Crippen LogP contribution in [0.25, 0.3) is 0 Å². The Bertz CT molecular complexity index is 649. The SMILES string of the molecule is CC(=O)O[C@@H]1[C@@H](CO)O[C@@H](n2ccc(=O)[nH]c2=O)[C@]1(C)N. The van der Waals surface area contributed by atoms with Gasteiger partial charge in [-0.05, 0) is 6.92 Å². The maximum Gasteiger partial charge on any atom is 0.330 e. The first-order chi connectivity index (χ1) is 9.77. The number of hydrogen-bond donors (Lipinski definition) is 3. The lowest BCUT2D eigenvalue weighted by molar-refractivity contribution is -0.152. The van der Waals surface area contributed by atoms with Gasteiger partial charge in [-0.15, -0.1) is 0 Å². The van der Waals surface area contributed by atoms with Gasteiger partial charge in [-0.3, -0.25) is 19.1 Å². The van der Waals surface area contributed by atoms with E-state index in [2.05, 4.69) is 4.98 Å². The molecule has 0 unspecified atom stereocenters. The zero-order valence-electron chi connectivity index (χ0n) is 11.6. The maximum atomic E-state index is 11.8. The van der Waals surface area contributed by atoms with Crippen LogP contribution >= 0.6 is 0 Å². The number of nitrogens with two attached hydrogens (primary N) is 1. The molecule has 0 aliphatic carbocycles. The third-order valence-electron chi connectivity index (χ3n) is 3.36. The molecule has 2 heterocycles. The molecule has 1 aromatic rings. The van der Waals surface area contributed by atoms with Crippen molar-refractivity contribution >= 4 is 5.97 Å². The number of aromatic amines is 1. The number of ether oxygens (including phenoxy) is 2. The molecule has 21 heavy (non-hydrogen) atoms. The third kappa shape index (κ3) is 2.75. The molecular formula is C12H17N3O6. The molecule has 0 bridgehead atoms. The molecule has 0 aromatic carbocycles. The zero-order chi connectivity index (χ0) is 15.8. The van der Waals surface area contributed by atoms with Gasteiger partial charge in [-0.25, -0.2) is 4.79 Å². The predicted octanol–water partition coefficient (Wildman–Crippen LogP) is -1.92. The molecule has 0 radical (unpaired) electrons. The van der Waals surface area contributed by atoms with E-state index in [9.17, 15) is 19.5 Å². The molecule has 1 aliphatic heterocycles. The fourth-order valence-electron chi connectivity index (χ4n) is 2.42. The summed E-state index contributed by atoms with van der Waals surface area (Å²) in [5.41, 5.74) is 3.63. The molecule has 0 saturated carbocycles. The quantitative estimate of drug-likeness (QED) is 0.553. The monoisotopic (exact) mass is 299 g/mol. The minimum Gasteiger partial charge on any atom is -0.458 e. The fourth-order valence-corrected chi connectivity index (χ4v) is 2.42. The number of aliphatic hydroxyl groups excluding tert-OH is 1. The van der Waals surface area contributed by atoms with Gasteiger partial charge in [-0.1, -0.05) is 0 Å². The van der Waals surface area contributed by atoms with Crippen molar-refractivity contribution in [2.24, 2.45) is 5.73 Å². The molecule has 1 fully saturated rings. The minimum absolute atomic E-state index is 0.431. The number of hydrogen-bond acceptors (Lipinski definition) is 7. The Morgan fingerprint density at radius 1 is 1.62 bits per heavy atom. The summed E-state index contributed by atoms with van der Waals surface area (Å²) in [6.07, 6.45) is -1.55. The van der Waals surface area contributed by atoms with Crippen molar-refractivity contribution in [1.82, 2.24) is 9.55 Å². The van der Waals surface area contributed by atoms with Crippen LogP contribution in [0, 0.1) is 0 Å². The van der Waals surface area contributed by atoms with Crippen LogP contribution in [0.2, 0.25) is 0 Å². The standard InChI is InChI=1S/C12H17N3O6/c1-6(17)20-9-7(5-16)21-10(12(9,2)13)15-4-3-8(18)14-11(15)19/h3-4,7,9-10,16H,5,13H2,1-2H3,(H,14,18,19)/t7-,9-,10-,12-/m1/s1. The van der Waals surface area contributed by atoms with E-state index in [0.717, 1.165) is 10.6 Å². The van der Waals surface area contributed by atoms with Crippen LogP contribution in [0.3, 0.4) is 0 Å². The highest BCUT2D eigenvalue weighted by Gasteiger charge is 2.54. The van der Waals surface area contributed by atoms with Gasteiger partial charge in [0.15, 0.2) is 12.3 Å². The lowest BCUT2D eigenvalue weighted by Gasteiger charge is -2.30. The second kappa shape index (κ2) is 5.43. The van der Waals surface area contributed by atoms with Gasteiger partial charge >= 0.3 is 11.7 Å². The van der Waals surface area contributed by atoms with Crippen molar-refractivity contribution in [1.29, 1.82) is 0 Å². The highest BCUT2D eigenvalue weighted by molar-refractivity contribution is 5.66. The number of aromatic nitrogens is 2. The van der Waals surface area contributed by atoms with E-state index < -0.39 is 47.8 Å². The van der Waals surface area contributed by atoms with E-state index in [1.54, 1.807) is 6.92 Å². The summed E-state index contributed by atoms with van der Waals surface area (Å²) >= 11 is 0. The summed E-state index contributed by atoms with van der Waals surface area (Å²) < 4.78 is 11.7. The molecule has 1 aromatic heterocycles. The van der Waals surface area contributed by atoms with Crippen molar-refractivity contribution in [2.45, 2.75) is 37.8 Å². The molecule has 0 amide bonds. The molecule has 9 nitrogen and oxygen atoms in total. The summed E-state index contributed by atoms with van der Waals surface area (Å²) in [5, 5.41) is 9.34. The van der Waals surface area contributed by atoms with Crippen molar-refractivity contribution in [2.75, 3.05) is 6.61 Å². The summed E-state index contributed by atoms with van der Waals surface area (Å²) in [6.45, 7) is 2.32. The molecule has 4 atom stereocenters. The van der Waals surface area contributed by atoms with E-state index in [0.29, 0.717) is 0 Å². The number of H-pyrrole nitrogens is 1. The molecule has 1 saturated heterocycles. The fraction of sp³-hybridized carbons (Fsp3) is 0.583.